The van der Waals surface area contributed by atoms with Gasteiger partial charge in [0.2, 0.25) is 0 Å². The van der Waals surface area contributed by atoms with E-state index in [2.05, 4.69) is 208 Å². The Kier molecular flexibility index (Phi) is 6.60. The van der Waals surface area contributed by atoms with Crippen LogP contribution < -0.4 is 4.90 Å². The van der Waals surface area contributed by atoms with Gasteiger partial charge in [0, 0.05) is 55.1 Å². The van der Waals surface area contributed by atoms with Crippen LogP contribution in [0, 0.1) is 0 Å². The largest absolute Gasteiger partial charge is 0.454 e. The number of benzene rings is 9. The summed E-state index contributed by atoms with van der Waals surface area (Å²) in [5.41, 5.74) is 11.7. The average Bonchev–Trinajstić information content (AvgIpc) is 3.91. The van der Waals surface area contributed by atoms with Crippen molar-refractivity contribution in [2.24, 2.45) is 0 Å². The Balaban J connectivity index is 1.10. The van der Waals surface area contributed by atoms with Crippen molar-refractivity contribution in [1.29, 1.82) is 0 Å². The van der Waals surface area contributed by atoms with E-state index in [1.54, 1.807) is 0 Å². The van der Waals surface area contributed by atoms with Crippen LogP contribution in [-0.2, 0) is 0 Å². The Morgan fingerprint density at radius 2 is 0.893 bits per heavy atom. The lowest BCUT2D eigenvalue weighted by atomic mass is 10.1. The summed E-state index contributed by atoms with van der Waals surface area (Å²) in [6.45, 7) is 0. The van der Waals surface area contributed by atoms with E-state index in [0.29, 0.717) is 0 Å². The zero-order valence-electron chi connectivity index (χ0n) is 30.3. The first-order valence-electron chi connectivity index (χ1n) is 19.1. The van der Waals surface area contributed by atoms with Gasteiger partial charge in [-0.3, -0.25) is 0 Å². The monoisotopic (exact) mass is 715 g/mol. The minimum atomic E-state index is 0.857. The molecule has 4 heteroatoms. The molecule has 0 radical (unpaired) electrons. The Labute approximate surface area is 322 Å². The third kappa shape index (κ3) is 4.53. The third-order valence-corrected chi connectivity index (χ3v) is 11.5. The summed E-state index contributed by atoms with van der Waals surface area (Å²) in [4.78, 5) is 2.35. The van der Waals surface area contributed by atoms with Gasteiger partial charge in [-0.05, 0) is 95.7 Å². The van der Waals surface area contributed by atoms with Gasteiger partial charge in [-0.15, -0.1) is 0 Å². The number of aromatic nitrogens is 2. The molecule has 0 unspecified atom stereocenters. The Morgan fingerprint density at radius 1 is 0.339 bits per heavy atom. The fourth-order valence-electron chi connectivity index (χ4n) is 8.97. The molecule has 0 aliphatic carbocycles. The van der Waals surface area contributed by atoms with Crippen molar-refractivity contribution in [3.05, 3.63) is 200 Å². The first-order valence-corrected chi connectivity index (χ1v) is 19.1. The predicted molar refractivity (Wildman–Crippen MR) is 235 cm³/mol. The molecule has 0 aliphatic heterocycles. The molecule has 0 aliphatic rings. The molecule has 0 saturated heterocycles. The normalized spacial score (nSPS) is 11.9. The van der Waals surface area contributed by atoms with Crippen molar-refractivity contribution in [2.45, 2.75) is 0 Å². The summed E-state index contributed by atoms with van der Waals surface area (Å²) in [7, 11) is 0. The summed E-state index contributed by atoms with van der Waals surface area (Å²) in [5.74, 6) is 0. The van der Waals surface area contributed by atoms with Gasteiger partial charge >= 0.3 is 0 Å². The second-order valence-corrected chi connectivity index (χ2v) is 14.6. The molecule has 262 valence electrons. The second-order valence-electron chi connectivity index (χ2n) is 14.6. The summed E-state index contributed by atoms with van der Waals surface area (Å²) < 4.78 is 11.5. The third-order valence-electron chi connectivity index (χ3n) is 11.5. The molecule has 0 saturated carbocycles. The molecule has 0 atom stereocenters. The maximum absolute atomic E-state index is 6.70. The van der Waals surface area contributed by atoms with Crippen LogP contribution >= 0.6 is 0 Å². The number of fused-ring (bicyclic) bond motifs is 10. The molecule has 12 rings (SSSR count). The molecule has 12 aromatic rings. The highest BCUT2D eigenvalue weighted by Gasteiger charge is 2.22. The standard InChI is InChI=1S/C52H33N3O/c1-2-15-36(16-3-1)54-46-21-9-6-17-40(46)42-30-29-39(33-50(42)54)53(48-23-12-20-44-43-19-8-11-24-51(43)56-52(44)48)37-25-27-38(28-26-37)55-47-22-10-7-18-41(47)45-31-34-13-4-5-14-35(34)32-49(45)55/h1-33H. The van der Waals surface area contributed by atoms with Crippen LogP contribution in [-0.4, -0.2) is 9.13 Å². The number of nitrogens with zero attached hydrogens (tertiary/aromatic N) is 3. The van der Waals surface area contributed by atoms with Crippen molar-refractivity contribution >= 4 is 93.4 Å². The SMILES string of the molecule is c1ccc(-n2c3ccccc3c3ccc(N(c4ccc(-n5c6ccccc6c6cc7ccccc7cc65)cc4)c4cccc5c4oc4ccccc45)cc32)cc1. The van der Waals surface area contributed by atoms with E-state index in [0.717, 1.165) is 55.9 Å². The van der Waals surface area contributed by atoms with Crippen LogP contribution in [0.15, 0.2) is 205 Å². The summed E-state index contributed by atoms with van der Waals surface area (Å²) >= 11 is 0. The van der Waals surface area contributed by atoms with Gasteiger partial charge in [0.1, 0.15) is 5.58 Å². The quantitative estimate of drug-likeness (QED) is 0.177. The number of hydrogen-bond donors (Lipinski definition) is 0. The number of hydrogen-bond acceptors (Lipinski definition) is 2. The molecule has 3 heterocycles. The van der Waals surface area contributed by atoms with Crippen LogP contribution in [0.5, 0.6) is 0 Å². The summed E-state index contributed by atoms with van der Waals surface area (Å²) in [6, 6.07) is 72.0. The van der Waals surface area contributed by atoms with Crippen LogP contribution in [0.25, 0.3) is 87.7 Å². The van der Waals surface area contributed by atoms with Gasteiger partial charge in [-0.1, -0.05) is 115 Å². The van der Waals surface area contributed by atoms with E-state index in [9.17, 15) is 0 Å². The van der Waals surface area contributed by atoms with E-state index in [4.69, 9.17) is 4.42 Å². The topological polar surface area (TPSA) is 26.2 Å². The number of para-hydroxylation sites is 5. The summed E-state index contributed by atoms with van der Waals surface area (Å²) in [5, 5.41) is 9.62. The fraction of sp³-hybridized carbons (Fsp3) is 0. The van der Waals surface area contributed by atoms with Crippen molar-refractivity contribution in [2.75, 3.05) is 4.90 Å². The van der Waals surface area contributed by atoms with Crippen molar-refractivity contribution in [1.82, 2.24) is 9.13 Å². The Morgan fingerprint density at radius 3 is 1.66 bits per heavy atom. The van der Waals surface area contributed by atoms with Crippen LogP contribution in [0.1, 0.15) is 0 Å². The average molecular weight is 716 g/mol. The molecular weight excluding hydrogens is 683 g/mol. The van der Waals surface area contributed by atoms with Gasteiger partial charge < -0.3 is 18.5 Å². The Hall–Kier alpha value is -7.56. The zero-order chi connectivity index (χ0) is 36.7. The van der Waals surface area contributed by atoms with Crippen LogP contribution in [0.3, 0.4) is 0 Å². The summed E-state index contributed by atoms with van der Waals surface area (Å²) in [6.07, 6.45) is 0. The Bertz CT molecular complexity index is 3480. The van der Waals surface area contributed by atoms with Crippen LogP contribution in [0.2, 0.25) is 0 Å². The predicted octanol–water partition coefficient (Wildman–Crippen LogP) is 14.4. The minimum Gasteiger partial charge on any atom is -0.454 e. The van der Waals surface area contributed by atoms with Gasteiger partial charge in [0.05, 0.1) is 27.8 Å². The minimum absolute atomic E-state index is 0.857. The van der Waals surface area contributed by atoms with Gasteiger partial charge in [0.15, 0.2) is 5.58 Å². The van der Waals surface area contributed by atoms with E-state index in [-0.39, 0.29) is 0 Å². The molecule has 0 bridgehead atoms. The van der Waals surface area contributed by atoms with E-state index in [1.807, 2.05) is 6.07 Å². The molecule has 0 spiro atoms. The lowest BCUT2D eigenvalue weighted by Gasteiger charge is -2.26. The number of furan rings is 1. The molecular formula is C52H33N3O. The number of anilines is 3. The lowest BCUT2D eigenvalue weighted by molar-refractivity contribution is 0.669. The highest BCUT2D eigenvalue weighted by molar-refractivity contribution is 6.15. The molecule has 3 aromatic heterocycles. The fourth-order valence-corrected chi connectivity index (χ4v) is 8.97. The maximum Gasteiger partial charge on any atom is 0.159 e. The first-order chi connectivity index (χ1) is 27.8. The smallest absolute Gasteiger partial charge is 0.159 e. The van der Waals surface area contributed by atoms with E-state index < -0.39 is 0 Å². The molecule has 0 fully saturated rings. The number of rotatable bonds is 5. The lowest BCUT2D eigenvalue weighted by Crippen LogP contribution is -2.10. The van der Waals surface area contributed by atoms with Crippen molar-refractivity contribution in [3.63, 3.8) is 0 Å². The van der Waals surface area contributed by atoms with Crippen LogP contribution in [0.4, 0.5) is 17.1 Å². The van der Waals surface area contributed by atoms with Gasteiger partial charge in [0.25, 0.3) is 0 Å². The highest BCUT2D eigenvalue weighted by atomic mass is 16.3. The highest BCUT2D eigenvalue weighted by Crippen LogP contribution is 2.44. The van der Waals surface area contributed by atoms with Crippen molar-refractivity contribution < 1.29 is 4.42 Å². The van der Waals surface area contributed by atoms with E-state index >= 15 is 0 Å². The molecule has 0 amide bonds. The molecule has 4 nitrogen and oxygen atoms in total. The first kappa shape index (κ1) is 30.9. The van der Waals surface area contributed by atoms with Gasteiger partial charge in [-0.25, -0.2) is 0 Å². The zero-order valence-corrected chi connectivity index (χ0v) is 30.3. The van der Waals surface area contributed by atoms with Gasteiger partial charge in [-0.2, -0.15) is 0 Å². The van der Waals surface area contributed by atoms with E-state index in [1.165, 1.54) is 48.9 Å². The molecule has 56 heavy (non-hydrogen) atoms. The maximum atomic E-state index is 6.70. The molecule has 9 aromatic carbocycles. The second kappa shape index (κ2) is 12.0. The van der Waals surface area contributed by atoms with Crippen molar-refractivity contribution in [3.8, 4) is 11.4 Å². The molecule has 0 N–H and O–H groups in total.